The monoisotopic (exact) mass is 197 g/mol. The summed E-state index contributed by atoms with van der Waals surface area (Å²) in [5.41, 5.74) is 7.63. The van der Waals surface area contributed by atoms with E-state index in [-0.39, 0.29) is 18.0 Å². The number of nitrogens with zero attached hydrogens (tertiary/aromatic N) is 2. The first-order valence-electron chi connectivity index (χ1n) is 4.10. The molecule has 0 aromatic carbocycles. The number of carbonyl (C=O) groups excluding carboxylic acids is 1. The molecule has 5 heteroatoms. The fraction of sp³-hybridized carbons (Fsp3) is 0.500. The van der Waals surface area contributed by atoms with Gasteiger partial charge in [0, 0.05) is 30.6 Å². The number of aromatic nitrogens is 1. The molecule has 2 N–H and O–H groups in total. The van der Waals surface area contributed by atoms with Crippen molar-refractivity contribution in [1.82, 2.24) is 9.88 Å². The van der Waals surface area contributed by atoms with Crippen LogP contribution in [0.5, 0.6) is 0 Å². The van der Waals surface area contributed by atoms with E-state index in [4.69, 9.17) is 5.73 Å². The summed E-state index contributed by atoms with van der Waals surface area (Å²) in [6.45, 7) is 0. The second kappa shape index (κ2) is 3.08. The first-order valence-corrected chi connectivity index (χ1v) is 4.97. The van der Waals surface area contributed by atoms with Gasteiger partial charge in [0.05, 0.1) is 11.6 Å². The minimum atomic E-state index is -0.0852. The van der Waals surface area contributed by atoms with Crippen LogP contribution in [0.15, 0.2) is 11.7 Å². The smallest absolute Gasteiger partial charge is 0.224 e. The van der Waals surface area contributed by atoms with Crippen LogP contribution in [0, 0.1) is 0 Å². The number of likely N-dealkylation sites (N-methyl/N-ethyl adjacent to an activating group) is 1. The van der Waals surface area contributed by atoms with Crippen LogP contribution in [0.4, 0.5) is 0 Å². The molecule has 0 spiro atoms. The van der Waals surface area contributed by atoms with Crippen molar-refractivity contribution in [3.63, 3.8) is 0 Å². The largest absolute Gasteiger partial charge is 0.336 e. The highest BCUT2D eigenvalue weighted by atomic mass is 32.1. The summed E-state index contributed by atoms with van der Waals surface area (Å²) in [5.74, 6) is 0.117. The van der Waals surface area contributed by atoms with E-state index in [1.165, 1.54) is 0 Å². The molecular formula is C8H11N3OS. The number of amides is 1. The summed E-state index contributed by atoms with van der Waals surface area (Å²) in [6.07, 6.45) is 2.23. The van der Waals surface area contributed by atoms with E-state index in [0.717, 1.165) is 4.88 Å². The molecule has 13 heavy (non-hydrogen) atoms. The van der Waals surface area contributed by atoms with E-state index in [1.807, 2.05) is 0 Å². The van der Waals surface area contributed by atoms with Gasteiger partial charge in [-0.1, -0.05) is 0 Å². The van der Waals surface area contributed by atoms with Crippen molar-refractivity contribution >= 4 is 17.2 Å². The first kappa shape index (κ1) is 8.65. The highest BCUT2D eigenvalue weighted by Crippen LogP contribution is 2.32. The molecular weight excluding hydrogens is 186 g/mol. The van der Waals surface area contributed by atoms with Crippen molar-refractivity contribution in [2.45, 2.75) is 18.5 Å². The van der Waals surface area contributed by atoms with Gasteiger partial charge in [0.1, 0.15) is 0 Å². The molecule has 4 nitrogen and oxygen atoms in total. The normalized spacial score (nSPS) is 28.5. The molecule has 0 saturated carbocycles. The molecule has 1 aliphatic rings. The van der Waals surface area contributed by atoms with Crippen LogP contribution in [0.2, 0.25) is 0 Å². The lowest BCUT2D eigenvalue weighted by Gasteiger charge is -2.20. The quantitative estimate of drug-likeness (QED) is 0.707. The molecule has 1 amide bonds. The molecule has 2 rings (SSSR count). The fourth-order valence-electron chi connectivity index (χ4n) is 1.67. The van der Waals surface area contributed by atoms with Crippen LogP contribution >= 0.6 is 11.3 Å². The Bertz CT molecular complexity index is 311. The average Bonchev–Trinajstić information content (AvgIpc) is 2.63. The predicted molar refractivity (Wildman–Crippen MR) is 50.2 cm³/mol. The van der Waals surface area contributed by atoms with Crippen molar-refractivity contribution in [1.29, 1.82) is 0 Å². The number of thiazole rings is 1. The second-order valence-electron chi connectivity index (χ2n) is 3.22. The van der Waals surface area contributed by atoms with Crippen LogP contribution in [0.1, 0.15) is 17.3 Å². The summed E-state index contributed by atoms with van der Waals surface area (Å²) >= 11 is 1.54. The van der Waals surface area contributed by atoms with E-state index in [9.17, 15) is 4.79 Å². The Kier molecular flexibility index (Phi) is 2.05. The molecule has 0 radical (unpaired) electrons. The van der Waals surface area contributed by atoms with Gasteiger partial charge in [0.2, 0.25) is 5.91 Å². The standard InChI is InChI=1S/C8H11N3OS/c1-11-7(12)2-5(9)8(11)6-3-10-4-13-6/h3-5,8H,2,9H2,1H3. The van der Waals surface area contributed by atoms with Gasteiger partial charge in [-0.3, -0.25) is 9.78 Å². The molecule has 0 aliphatic carbocycles. The molecule has 70 valence electrons. The van der Waals surface area contributed by atoms with Crippen LogP contribution < -0.4 is 5.73 Å². The Morgan fingerprint density at radius 2 is 2.54 bits per heavy atom. The highest BCUT2D eigenvalue weighted by Gasteiger charge is 2.36. The maximum atomic E-state index is 11.3. The molecule has 2 unspecified atom stereocenters. The summed E-state index contributed by atoms with van der Waals surface area (Å²) in [6, 6.07) is -0.0575. The van der Waals surface area contributed by atoms with Crippen molar-refractivity contribution in [2.24, 2.45) is 5.73 Å². The number of rotatable bonds is 1. The van der Waals surface area contributed by atoms with Gasteiger partial charge in [0.25, 0.3) is 0 Å². The zero-order chi connectivity index (χ0) is 9.42. The van der Waals surface area contributed by atoms with Gasteiger partial charge >= 0.3 is 0 Å². The second-order valence-corrected chi connectivity index (χ2v) is 4.14. The van der Waals surface area contributed by atoms with Crippen LogP contribution in [0.3, 0.4) is 0 Å². The molecule has 1 saturated heterocycles. The van der Waals surface area contributed by atoms with Crippen LogP contribution in [-0.4, -0.2) is 28.9 Å². The Labute approximate surface area is 80.4 Å². The van der Waals surface area contributed by atoms with Crippen molar-refractivity contribution in [3.8, 4) is 0 Å². The summed E-state index contributed by atoms with van der Waals surface area (Å²) in [4.78, 5) is 18.1. The van der Waals surface area contributed by atoms with Gasteiger partial charge in [-0.05, 0) is 0 Å². The number of likely N-dealkylation sites (tertiary alicyclic amines) is 1. The van der Waals surface area contributed by atoms with Crippen molar-refractivity contribution in [2.75, 3.05) is 7.05 Å². The number of hydrogen-bond donors (Lipinski definition) is 1. The van der Waals surface area contributed by atoms with Gasteiger partial charge in [-0.15, -0.1) is 11.3 Å². The average molecular weight is 197 g/mol. The minimum Gasteiger partial charge on any atom is -0.336 e. The van der Waals surface area contributed by atoms with E-state index < -0.39 is 0 Å². The first-order chi connectivity index (χ1) is 6.20. The maximum Gasteiger partial charge on any atom is 0.224 e. The van der Waals surface area contributed by atoms with E-state index in [0.29, 0.717) is 6.42 Å². The third kappa shape index (κ3) is 1.34. The minimum absolute atomic E-state index is 0.0278. The van der Waals surface area contributed by atoms with Crippen molar-refractivity contribution < 1.29 is 4.79 Å². The summed E-state index contributed by atoms with van der Waals surface area (Å²) in [5, 5.41) is 0. The third-order valence-corrected chi connectivity index (χ3v) is 3.22. The molecule has 1 aliphatic heterocycles. The maximum absolute atomic E-state index is 11.3. The lowest BCUT2D eigenvalue weighted by molar-refractivity contribution is -0.127. The van der Waals surface area contributed by atoms with Gasteiger partial charge in [-0.25, -0.2) is 0 Å². The fourth-order valence-corrected chi connectivity index (χ4v) is 2.51. The van der Waals surface area contributed by atoms with E-state index >= 15 is 0 Å². The molecule has 2 atom stereocenters. The number of carbonyl (C=O) groups is 1. The Morgan fingerprint density at radius 1 is 1.77 bits per heavy atom. The topological polar surface area (TPSA) is 59.2 Å². The van der Waals surface area contributed by atoms with Gasteiger partial charge in [0.15, 0.2) is 0 Å². The molecule has 1 fully saturated rings. The lowest BCUT2D eigenvalue weighted by atomic mass is 10.1. The molecule has 1 aromatic heterocycles. The molecule has 2 heterocycles. The summed E-state index contributed by atoms with van der Waals surface area (Å²) < 4.78 is 0. The Morgan fingerprint density at radius 3 is 3.00 bits per heavy atom. The highest BCUT2D eigenvalue weighted by molar-refractivity contribution is 7.09. The summed E-state index contributed by atoms with van der Waals surface area (Å²) in [7, 11) is 1.79. The third-order valence-electron chi connectivity index (χ3n) is 2.37. The zero-order valence-corrected chi connectivity index (χ0v) is 8.12. The van der Waals surface area contributed by atoms with Crippen molar-refractivity contribution in [3.05, 3.63) is 16.6 Å². The number of hydrogen-bond acceptors (Lipinski definition) is 4. The Balaban J connectivity index is 2.29. The van der Waals surface area contributed by atoms with Gasteiger partial charge < -0.3 is 10.6 Å². The molecule has 0 bridgehead atoms. The number of nitrogens with two attached hydrogens (primary N) is 1. The van der Waals surface area contributed by atoms with Crippen LogP contribution in [-0.2, 0) is 4.79 Å². The predicted octanol–water partition coefficient (Wildman–Crippen LogP) is 0.374. The van der Waals surface area contributed by atoms with Crippen LogP contribution in [0.25, 0.3) is 0 Å². The van der Waals surface area contributed by atoms with Gasteiger partial charge in [-0.2, -0.15) is 0 Å². The van der Waals surface area contributed by atoms with E-state index in [2.05, 4.69) is 4.98 Å². The SMILES string of the molecule is CN1C(=O)CC(N)C1c1cncs1. The Hall–Kier alpha value is -0.940. The van der Waals surface area contributed by atoms with E-state index in [1.54, 1.807) is 35.0 Å². The lowest BCUT2D eigenvalue weighted by Crippen LogP contribution is -2.29. The molecule has 1 aromatic rings. The zero-order valence-electron chi connectivity index (χ0n) is 7.30.